The predicted octanol–water partition coefficient (Wildman–Crippen LogP) is 9.17. The van der Waals surface area contributed by atoms with Crippen molar-refractivity contribution < 1.29 is 54.7 Å². The van der Waals surface area contributed by atoms with Crippen molar-refractivity contribution in [1.82, 2.24) is 19.9 Å². The summed E-state index contributed by atoms with van der Waals surface area (Å²) in [7, 11) is 0. The topological polar surface area (TPSA) is 117 Å². The van der Waals surface area contributed by atoms with Crippen molar-refractivity contribution >= 4 is 46.4 Å². The molecule has 8 bridgehead atoms. The van der Waals surface area contributed by atoms with E-state index in [4.69, 9.17) is 34.1 Å². The molecule has 0 radical (unpaired) electrons. The van der Waals surface area contributed by atoms with Gasteiger partial charge in [0.25, 0.3) is 0 Å². The summed E-state index contributed by atoms with van der Waals surface area (Å²) in [6, 6.07) is 33.4. The Labute approximate surface area is 440 Å². The SMILES string of the molecule is CCCCOCC[n+]1ccccc1-c1c2nc(c(-c3cccc[n+]3CCOCCCC)c3ccc([n-]3)c(-c3cccc[n+]3CCOCCCC)c3nc(c(-c4cccc[n+]4CCO)c4ccc1[n-]4)C=C3)C=C2.[Mn+3]. The number of rotatable bonds is 24. The standard InChI is InChI=1S/C60H68N8O4.Mn/c1-4-7-39-70-42-35-66-31-15-11-19-54(66)58-47-24-22-45(61-47)57(53-18-10-14-30-65(53)34-38-69)46-23-25-48(62-46)59(55-20-12-16-32-67(55)36-43-71-40-8-5-2)50-27-29-52(64-50)60(51-28-26-49(58)63-51)56-21-13-17-33-68(56)37-44-72-41-9-6-3;/h10-33,69H,4-9,34-44H2,1-3H3;/q+2;+3. The summed E-state index contributed by atoms with van der Waals surface area (Å²) in [6.45, 7) is 12.8. The first-order valence-electron chi connectivity index (χ1n) is 25.9. The van der Waals surface area contributed by atoms with Crippen LogP contribution in [0.1, 0.15) is 82.1 Å². The molecule has 9 heterocycles. The Kier molecular flexibility index (Phi) is 19.2. The summed E-state index contributed by atoms with van der Waals surface area (Å²) in [5.74, 6) is 0. The molecule has 0 aromatic carbocycles. The van der Waals surface area contributed by atoms with Crippen LogP contribution in [-0.4, -0.2) is 61.3 Å². The maximum atomic E-state index is 10.3. The van der Waals surface area contributed by atoms with Crippen LogP contribution in [0.2, 0.25) is 0 Å². The van der Waals surface area contributed by atoms with Crippen molar-refractivity contribution in [3.8, 4) is 45.0 Å². The molecule has 2 aliphatic rings. The third-order valence-corrected chi connectivity index (χ3v) is 13.1. The molecule has 0 unspecified atom stereocenters. The zero-order valence-electron chi connectivity index (χ0n) is 42.5. The second-order valence-electron chi connectivity index (χ2n) is 18.1. The van der Waals surface area contributed by atoms with Gasteiger partial charge in [-0.25, -0.2) is 9.97 Å². The molecule has 0 fully saturated rings. The molecule has 0 spiro atoms. The first-order valence-corrected chi connectivity index (χ1v) is 25.9. The second-order valence-corrected chi connectivity index (χ2v) is 18.1. The van der Waals surface area contributed by atoms with Crippen molar-refractivity contribution in [2.75, 3.05) is 46.2 Å². The number of unbranched alkanes of at least 4 members (excludes halogenated alkanes) is 3. The van der Waals surface area contributed by atoms with E-state index in [-0.39, 0.29) is 23.7 Å². The molecular formula is C60H68MnN8O4+5. The molecule has 73 heavy (non-hydrogen) atoms. The number of aliphatic hydroxyl groups is 1. The van der Waals surface area contributed by atoms with Gasteiger partial charge in [0.1, 0.15) is 26.4 Å². The van der Waals surface area contributed by atoms with E-state index in [2.05, 4.69) is 167 Å². The summed E-state index contributed by atoms with van der Waals surface area (Å²) in [4.78, 5) is 22.3. The van der Waals surface area contributed by atoms with Crippen LogP contribution < -0.4 is 28.2 Å². The summed E-state index contributed by atoms with van der Waals surface area (Å²) < 4.78 is 27.2. The van der Waals surface area contributed by atoms with Gasteiger partial charge in [0.05, 0.1) is 45.0 Å². The molecule has 12 nitrogen and oxygen atoms in total. The molecule has 0 saturated carbocycles. The average molecular weight is 1020 g/mol. The smallest absolute Gasteiger partial charge is 0.656 e. The Bertz CT molecular complexity index is 3140. The van der Waals surface area contributed by atoms with Crippen molar-refractivity contribution in [2.24, 2.45) is 0 Å². The Balaban J connectivity index is 0.00000711. The number of hydrogen-bond donors (Lipinski definition) is 1. The van der Waals surface area contributed by atoms with E-state index in [0.717, 1.165) is 148 Å². The first-order chi connectivity index (χ1) is 35.6. The van der Waals surface area contributed by atoms with Gasteiger partial charge in [0, 0.05) is 68.4 Å². The molecule has 9 rings (SSSR count). The first kappa shape index (κ1) is 52.9. The van der Waals surface area contributed by atoms with Crippen LogP contribution in [0.15, 0.2) is 122 Å². The summed E-state index contributed by atoms with van der Waals surface area (Å²) >= 11 is 0. The molecule has 1 N–H and O–H groups in total. The Morgan fingerprint density at radius 3 is 0.959 bits per heavy atom. The molecular weight excluding hydrogens is 952 g/mol. The molecule has 0 amide bonds. The van der Waals surface area contributed by atoms with Crippen LogP contribution in [-0.2, 0) is 57.5 Å². The number of ether oxygens (including phenoxy) is 3. The second kappa shape index (κ2) is 26.5. The van der Waals surface area contributed by atoms with Gasteiger partial charge in [-0.05, 0) is 67.8 Å². The van der Waals surface area contributed by atoms with Crippen LogP contribution in [0, 0.1) is 0 Å². The summed E-state index contributed by atoms with van der Waals surface area (Å²) in [5, 5.41) is 10.3. The number of nitrogens with zero attached hydrogens (tertiary/aromatic N) is 8. The number of hydrogen-bond acceptors (Lipinski definition) is 6. The quantitative estimate of drug-likeness (QED) is 0.0362. The van der Waals surface area contributed by atoms with E-state index in [9.17, 15) is 5.11 Å². The van der Waals surface area contributed by atoms with Gasteiger partial charge in [-0.2, -0.15) is 18.3 Å². The van der Waals surface area contributed by atoms with E-state index >= 15 is 0 Å². The molecule has 374 valence electrons. The van der Waals surface area contributed by atoms with Crippen LogP contribution in [0.25, 0.3) is 91.4 Å². The van der Waals surface area contributed by atoms with E-state index in [1.165, 1.54) is 0 Å². The fraction of sp³-hybridized carbons (Fsp3) is 0.333. The number of pyridine rings is 4. The van der Waals surface area contributed by atoms with Gasteiger partial charge in [-0.1, -0.05) is 64.3 Å². The molecule has 0 saturated heterocycles. The molecule has 7 aromatic heterocycles. The maximum absolute atomic E-state index is 10.3. The third kappa shape index (κ3) is 12.5. The molecule has 0 atom stereocenters. The Hall–Kier alpha value is -6.44. The maximum Gasteiger partial charge on any atom is 3.00 e. The van der Waals surface area contributed by atoms with Crippen LogP contribution >= 0.6 is 0 Å². The molecule has 13 heteroatoms. The summed E-state index contributed by atoms with van der Waals surface area (Å²) in [5.41, 5.74) is 13.5. The fourth-order valence-electron chi connectivity index (χ4n) is 9.37. The van der Waals surface area contributed by atoms with Gasteiger partial charge in [0.2, 0.25) is 22.8 Å². The fourth-order valence-corrected chi connectivity index (χ4v) is 9.37. The van der Waals surface area contributed by atoms with Gasteiger partial charge in [0.15, 0.2) is 51.0 Å². The van der Waals surface area contributed by atoms with Crippen molar-refractivity contribution in [3.63, 3.8) is 0 Å². The Morgan fingerprint density at radius 1 is 0.397 bits per heavy atom. The van der Waals surface area contributed by atoms with Crippen LogP contribution in [0.4, 0.5) is 0 Å². The largest absolute Gasteiger partial charge is 3.00 e. The minimum atomic E-state index is -0.0266. The van der Waals surface area contributed by atoms with Crippen molar-refractivity contribution in [1.29, 1.82) is 0 Å². The number of aliphatic hydroxyl groups excluding tert-OH is 1. The summed E-state index contributed by atoms with van der Waals surface area (Å²) in [6.07, 6.45) is 23.1. The zero-order chi connectivity index (χ0) is 49.5. The predicted molar refractivity (Wildman–Crippen MR) is 284 cm³/mol. The van der Waals surface area contributed by atoms with Crippen LogP contribution in [0.5, 0.6) is 0 Å². The van der Waals surface area contributed by atoms with Crippen molar-refractivity contribution in [2.45, 2.75) is 85.5 Å². The van der Waals surface area contributed by atoms with Crippen LogP contribution in [0.3, 0.4) is 0 Å². The van der Waals surface area contributed by atoms with E-state index in [0.29, 0.717) is 46.0 Å². The van der Waals surface area contributed by atoms with E-state index < -0.39 is 0 Å². The van der Waals surface area contributed by atoms with Crippen molar-refractivity contribution in [3.05, 3.63) is 145 Å². The Morgan fingerprint density at radius 2 is 0.685 bits per heavy atom. The van der Waals surface area contributed by atoms with E-state index in [1.807, 2.05) is 18.3 Å². The van der Waals surface area contributed by atoms with Gasteiger partial charge in [-0.15, -0.1) is 22.1 Å². The molecule has 2 aliphatic heterocycles. The number of aromatic nitrogens is 8. The zero-order valence-corrected chi connectivity index (χ0v) is 43.7. The monoisotopic (exact) mass is 1020 g/mol. The number of fused-ring (bicyclic) bond motifs is 8. The average Bonchev–Trinajstić information content (AvgIpc) is 4.27. The molecule has 7 aromatic rings. The molecule has 0 aliphatic carbocycles. The normalized spacial score (nSPS) is 11.9. The van der Waals surface area contributed by atoms with Gasteiger partial charge >= 0.3 is 17.1 Å². The van der Waals surface area contributed by atoms with Gasteiger partial charge < -0.3 is 29.3 Å². The minimum Gasteiger partial charge on any atom is -0.656 e. The minimum absolute atomic E-state index is 0. The third-order valence-electron chi connectivity index (χ3n) is 13.1. The van der Waals surface area contributed by atoms with E-state index in [1.54, 1.807) is 0 Å². The van der Waals surface area contributed by atoms with Gasteiger partial charge in [-0.3, -0.25) is 0 Å².